The Kier molecular flexibility index (Phi) is 8.05. The molecule has 7 nitrogen and oxygen atoms in total. The fourth-order valence-corrected chi connectivity index (χ4v) is 3.65. The van der Waals surface area contributed by atoms with Crippen molar-refractivity contribution in [2.75, 3.05) is 14.1 Å². The predicted octanol–water partition coefficient (Wildman–Crippen LogP) is 2.79. The van der Waals surface area contributed by atoms with Gasteiger partial charge in [-0.25, -0.2) is 0 Å². The van der Waals surface area contributed by atoms with Gasteiger partial charge in [0.25, 0.3) is 11.8 Å². The minimum absolute atomic E-state index is 0.217. The number of rotatable bonds is 10. The Bertz CT molecular complexity index is 1200. The largest absolute Gasteiger partial charge is 0.366 e. The Morgan fingerprint density at radius 1 is 0.882 bits per heavy atom. The topological polar surface area (TPSA) is 119 Å². The van der Waals surface area contributed by atoms with E-state index in [1.165, 1.54) is 11.6 Å². The molecule has 1 unspecified atom stereocenters. The maximum absolute atomic E-state index is 12.6. The van der Waals surface area contributed by atoms with Crippen molar-refractivity contribution in [3.63, 3.8) is 0 Å². The predicted molar refractivity (Wildman–Crippen MR) is 133 cm³/mol. The number of hydrogen-bond donors (Lipinski definition) is 2. The van der Waals surface area contributed by atoms with E-state index in [0.29, 0.717) is 11.4 Å². The summed E-state index contributed by atoms with van der Waals surface area (Å²) < 4.78 is 0. The number of benzene rings is 2. The van der Waals surface area contributed by atoms with Gasteiger partial charge in [0.1, 0.15) is 0 Å². The normalized spacial score (nSPS) is 12.1. The van der Waals surface area contributed by atoms with E-state index < -0.39 is 23.5 Å². The highest BCUT2D eigenvalue weighted by Crippen LogP contribution is 2.23. The standard InChI is InChI=1S/C27H28N4O3/c1-31(2)17-20-10-8-18(9-11-20)12-14-23-21(26(28)33)13-15-24(30-23)22(25(32)27(29)34)16-19-6-4-3-5-7-19/h3-15,22H,16-17H2,1-2H3,(H2,28,33)(H2,29,34)/b14-12+. The zero-order valence-electron chi connectivity index (χ0n) is 19.3. The van der Waals surface area contributed by atoms with E-state index in [1.54, 1.807) is 12.1 Å². The van der Waals surface area contributed by atoms with E-state index in [-0.39, 0.29) is 12.0 Å². The van der Waals surface area contributed by atoms with Gasteiger partial charge in [0.15, 0.2) is 0 Å². The number of hydrogen-bond acceptors (Lipinski definition) is 5. The Labute approximate surface area is 199 Å². The maximum atomic E-state index is 12.6. The molecule has 3 rings (SSSR count). The molecule has 2 amide bonds. The first kappa shape index (κ1) is 24.5. The number of ketones is 1. The van der Waals surface area contributed by atoms with Crippen LogP contribution in [-0.4, -0.2) is 41.6 Å². The molecule has 0 saturated heterocycles. The number of Topliss-reactive ketones (excluding diaryl/α,β-unsaturated/α-hetero) is 1. The zero-order valence-corrected chi connectivity index (χ0v) is 19.3. The molecular weight excluding hydrogens is 428 g/mol. The van der Waals surface area contributed by atoms with E-state index in [4.69, 9.17) is 11.5 Å². The van der Waals surface area contributed by atoms with Gasteiger partial charge in [-0.1, -0.05) is 60.7 Å². The third-order valence-corrected chi connectivity index (χ3v) is 5.32. The van der Waals surface area contributed by atoms with Crippen LogP contribution in [0.25, 0.3) is 12.2 Å². The van der Waals surface area contributed by atoms with Gasteiger partial charge in [0, 0.05) is 6.54 Å². The quantitative estimate of drug-likeness (QED) is 0.455. The highest BCUT2D eigenvalue weighted by molar-refractivity contribution is 6.37. The number of carbonyl (C=O) groups is 3. The Morgan fingerprint density at radius 3 is 2.15 bits per heavy atom. The number of pyridine rings is 1. The van der Waals surface area contributed by atoms with Gasteiger partial charge in [0.2, 0.25) is 5.78 Å². The summed E-state index contributed by atoms with van der Waals surface area (Å²) in [6, 6.07) is 20.4. The molecule has 1 atom stereocenters. The summed E-state index contributed by atoms with van der Waals surface area (Å²) in [4.78, 5) is 43.0. The Morgan fingerprint density at radius 2 is 1.56 bits per heavy atom. The molecule has 3 aromatic rings. The molecule has 174 valence electrons. The van der Waals surface area contributed by atoms with Crippen LogP contribution in [0, 0.1) is 0 Å². The SMILES string of the molecule is CN(C)Cc1ccc(/C=C/c2nc(C(Cc3ccccc3)C(=O)C(N)=O)ccc2C(N)=O)cc1. The second kappa shape index (κ2) is 11.2. The third kappa shape index (κ3) is 6.46. The minimum atomic E-state index is -1.03. The van der Waals surface area contributed by atoms with Crippen molar-refractivity contribution in [2.24, 2.45) is 11.5 Å². The van der Waals surface area contributed by atoms with Crippen LogP contribution >= 0.6 is 0 Å². The summed E-state index contributed by atoms with van der Waals surface area (Å²) in [5.41, 5.74) is 14.7. The third-order valence-electron chi connectivity index (χ3n) is 5.32. The average Bonchev–Trinajstić information content (AvgIpc) is 2.81. The molecule has 0 aliphatic carbocycles. The summed E-state index contributed by atoms with van der Waals surface area (Å²) in [6.45, 7) is 0.829. The molecule has 0 spiro atoms. The smallest absolute Gasteiger partial charge is 0.285 e. The Hall–Kier alpha value is -4.10. The zero-order chi connectivity index (χ0) is 24.7. The average molecular weight is 457 g/mol. The lowest BCUT2D eigenvalue weighted by Gasteiger charge is -2.15. The number of amides is 2. The molecule has 2 aromatic carbocycles. The summed E-state index contributed by atoms with van der Waals surface area (Å²) in [5.74, 6) is -3.29. The molecule has 0 aliphatic rings. The molecule has 0 saturated carbocycles. The first-order chi connectivity index (χ1) is 16.2. The van der Waals surface area contributed by atoms with Crippen LogP contribution in [0.2, 0.25) is 0 Å². The minimum Gasteiger partial charge on any atom is -0.366 e. The molecule has 0 fully saturated rings. The van der Waals surface area contributed by atoms with Crippen molar-refractivity contribution < 1.29 is 14.4 Å². The van der Waals surface area contributed by atoms with Crippen LogP contribution in [0.1, 0.15) is 44.4 Å². The van der Waals surface area contributed by atoms with Gasteiger partial charge in [-0.3, -0.25) is 19.4 Å². The molecule has 0 radical (unpaired) electrons. The first-order valence-corrected chi connectivity index (χ1v) is 10.8. The van der Waals surface area contributed by atoms with Crippen molar-refractivity contribution in [2.45, 2.75) is 18.9 Å². The van der Waals surface area contributed by atoms with Crippen LogP contribution in [0.5, 0.6) is 0 Å². The van der Waals surface area contributed by atoms with Crippen LogP contribution in [0.4, 0.5) is 0 Å². The number of nitrogens with zero attached hydrogens (tertiary/aromatic N) is 2. The molecule has 1 aromatic heterocycles. The van der Waals surface area contributed by atoms with Crippen molar-refractivity contribution in [3.05, 3.63) is 100 Å². The summed E-state index contributed by atoms with van der Waals surface area (Å²) in [6.07, 6.45) is 3.75. The maximum Gasteiger partial charge on any atom is 0.285 e. The molecule has 34 heavy (non-hydrogen) atoms. The highest BCUT2D eigenvalue weighted by atomic mass is 16.2. The monoisotopic (exact) mass is 456 g/mol. The molecule has 4 N–H and O–H groups in total. The van der Waals surface area contributed by atoms with Crippen molar-refractivity contribution in [1.29, 1.82) is 0 Å². The number of carbonyl (C=O) groups excluding carboxylic acids is 3. The van der Waals surface area contributed by atoms with Crippen molar-refractivity contribution >= 4 is 29.7 Å². The summed E-state index contributed by atoms with van der Waals surface area (Å²) in [7, 11) is 4.01. The van der Waals surface area contributed by atoms with Crippen molar-refractivity contribution in [3.8, 4) is 0 Å². The molecule has 7 heteroatoms. The van der Waals surface area contributed by atoms with Crippen LogP contribution in [-0.2, 0) is 22.6 Å². The number of nitrogens with two attached hydrogens (primary N) is 2. The first-order valence-electron chi connectivity index (χ1n) is 10.8. The molecule has 0 aliphatic heterocycles. The van der Waals surface area contributed by atoms with Crippen molar-refractivity contribution in [1.82, 2.24) is 9.88 Å². The second-order valence-corrected chi connectivity index (χ2v) is 8.32. The van der Waals surface area contributed by atoms with E-state index in [9.17, 15) is 14.4 Å². The van der Waals surface area contributed by atoms with Gasteiger partial charge >= 0.3 is 0 Å². The Balaban J connectivity index is 1.96. The van der Waals surface area contributed by atoms with Gasteiger partial charge in [-0.05, 0) is 55.4 Å². The summed E-state index contributed by atoms with van der Waals surface area (Å²) >= 11 is 0. The highest BCUT2D eigenvalue weighted by Gasteiger charge is 2.27. The van der Waals surface area contributed by atoms with Gasteiger partial charge in [-0.15, -0.1) is 0 Å². The van der Waals surface area contributed by atoms with Gasteiger partial charge in [-0.2, -0.15) is 0 Å². The number of aromatic nitrogens is 1. The fraction of sp³-hybridized carbons (Fsp3) is 0.185. The second-order valence-electron chi connectivity index (χ2n) is 8.32. The van der Waals surface area contributed by atoms with Gasteiger partial charge in [0.05, 0.1) is 22.9 Å². The fourth-order valence-electron chi connectivity index (χ4n) is 3.65. The molecular formula is C27H28N4O3. The van der Waals surface area contributed by atoms with Crippen LogP contribution < -0.4 is 11.5 Å². The number of primary amides is 2. The van der Waals surface area contributed by atoms with Crippen LogP contribution in [0.15, 0.2) is 66.7 Å². The molecule has 1 heterocycles. The summed E-state index contributed by atoms with van der Waals surface area (Å²) in [5, 5.41) is 0. The van der Waals surface area contributed by atoms with E-state index in [1.807, 2.05) is 74.8 Å². The lowest BCUT2D eigenvalue weighted by Crippen LogP contribution is -2.30. The lowest BCUT2D eigenvalue weighted by atomic mass is 9.90. The van der Waals surface area contributed by atoms with E-state index >= 15 is 0 Å². The lowest BCUT2D eigenvalue weighted by molar-refractivity contribution is -0.136. The van der Waals surface area contributed by atoms with Gasteiger partial charge < -0.3 is 16.4 Å². The molecule has 0 bridgehead atoms. The van der Waals surface area contributed by atoms with E-state index in [2.05, 4.69) is 9.88 Å². The van der Waals surface area contributed by atoms with E-state index in [0.717, 1.165) is 17.7 Å². The van der Waals surface area contributed by atoms with Crippen LogP contribution in [0.3, 0.4) is 0 Å².